The van der Waals surface area contributed by atoms with Crippen LogP contribution < -0.4 is 10.0 Å². The lowest BCUT2D eigenvalue weighted by Gasteiger charge is -2.32. The first-order valence-electron chi connectivity index (χ1n) is 12.3. The summed E-state index contributed by atoms with van der Waals surface area (Å²) in [5, 5.41) is 3.55. The van der Waals surface area contributed by atoms with E-state index < -0.39 is 10.0 Å². The van der Waals surface area contributed by atoms with Crippen molar-refractivity contribution in [3.05, 3.63) is 64.8 Å². The fourth-order valence-corrected chi connectivity index (χ4v) is 5.79. The number of pyridine rings is 2. The maximum absolute atomic E-state index is 12.7. The van der Waals surface area contributed by atoms with Crippen LogP contribution in [0.25, 0.3) is 12.2 Å². The summed E-state index contributed by atoms with van der Waals surface area (Å²) in [6.07, 6.45) is 15.3. The van der Waals surface area contributed by atoms with Crippen molar-refractivity contribution in [1.82, 2.24) is 24.8 Å². The van der Waals surface area contributed by atoms with E-state index in [9.17, 15) is 8.42 Å². The largest absolute Gasteiger partial charge is 0.351 e. The van der Waals surface area contributed by atoms with Crippen LogP contribution in [0.2, 0.25) is 5.02 Å². The van der Waals surface area contributed by atoms with Gasteiger partial charge >= 0.3 is 0 Å². The molecule has 2 N–H and O–H groups in total. The van der Waals surface area contributed by atoms with E-state index in [4.69, 9.17) is 11.6 Å². The highest BCUT2D eigenvalue weighted by molar-refractivity contribution is 7.92. The fraction of sp³-hybridized carbons (Fsp3) is 0.385. The highest BCUT2D eigenvalue weighted by Gasteiger charge is 2.23. The molecule has 0 spiro atoms. The van der Waals surface area contributed by atoms with Gasteiger partial charge in [-0.3, -0.25) is 9.71 Å². The fourth-order valence-electron chi connectivity index (χ4n) is 4.36. The molecule has 0 unspecified atom stereocenters. The van der Waals surface area contributed by atoms with Gasteiger partial charge in [-0.1, -0.05) is 30.7 Å². The number of nitrogens with zero attached hydrogens (tertiary/aromatic N) is 5. The van der Waals surface area contributed by atoms with Gasteiger partial charge in [0.25, 0.3) is 10.0 Å². The number of anilines is 2. The molecule has 9 nitrogen and oxygen atoms in total. The molecular weight excluding hydrogens is 510 g/mol. The highest BCUT2D eigenvalue weighted by atomic mass is 35.5. The smallest absolute Gasteiger partial charge is 0.266 e. The molecule has 3 aromatic rings. The molecule has 0 radical (unpaired) electrons. The Morgan fingerprint density at radius 3 is 2.43 bits per heavy atom. The Balaban J connectivity index is 1.39. The average Bonchev–Trinajstić information content (AvgIpc) is 2.89. The number of aromatic nitrogens is 4. The Bertz CT molecular complexity index is 1340. The number of aryl methyl sites for hydroxylation is 1. The maximum Gasteiger partial charge on any atom is 0.266 e. The summed E-state index contributed by atoms with van der Waals surface area (Å²) < 4.78 is 27.9. The second-order valence-electron chi connectivity index (χ2n) is 9.28. The molecule has 0 aliphatic heterocycles. The van der Waals surface area contributed by atoms with Gasteiger partial charge in [0.1, 0.15) is 10.7 Å². The van der Waals surface area contributed by atoms with Gasteiger partial charge in [-0.15, -0.1) is 0 Å². The quantitative estimate of drug-likeness (QED) is 0.399. The van der Waals surface area contributed by atoms with E-state index in [-0.39, 0.29) is 15.7 Å². The number of hydrogen-bond acceptors (Lipinski definition) is 8. The molecule has 0 atom stereocenters. The van der Waals surface area contributed by atoms with Crippen molar-refractivity contribution >= 4 is 45.5 Å². The summed E-state index contributed by atoms with van der Waals surface area (Å²) in [4.78, 5) is 19.5. The number of sulfonamides is 1. The Morgan fingerprint density at radius 2 is 1.78 bits per heavy atom. The van der Waals surface area contributed by atoms with Crippen molar-refractivity contribution in [1.29, 1.82) is 0 Å². The second-order valence-corrected chi connectivity index (χ2v) is 11.3. The van der Waals surface area contributed by atoms with Gasteiger partial charge in [-0.25, -0.2) is 23.4 Å². The molecule has 196 valence electrons. The van der Waals surface area contributed by atoms with Crippen molar-refractivity contribution in [2.45, 2.75) is 56.0 Å². The van der Waals surface area contributed by atoms with Gasteiger partial charge in [0.2, 0.25) is 5.95 Å². The van der Waals surface area contributed by atoms with E-state index in [1.807, 2.05) is 25.1 Å². The van der Waals surface area contributed by atoms with Crippen LogP contribution in [-0.2, 0) is 16.4 Å². The Morgan fingerprint density at radius 1 is 1.05 bits per heavy atom. The van der Waals surface area contributed by atoms with E-state index in [1.54, 1.807) is 18.5 Å². The van der Waals surface area contributed by atoms with Crippen LogP contribution in [0, 0.1) is 0 Å². The normalized spacial score (nSPS) is 18.3. The number of nitrogens with one attached hydrogen (secondary N) is 2. The zero-order valence-corrected chi connectivity index (χ0v) is 22.8. The molecule has 3 aromatic heterocycles. The standard InChI is InChI=1S/C26H32ClN7O2S/c1-4-23-19(7-12-25(32-23)33-37(35,36)24-17-28-14-13-22(24)27)6-5-18-15-29-26(30-16-18)31-20-8-10-21(11-9-20)34(2)3/h5-7,12-17,20-21H,4,8-11H2,1-3H3,(H,32,33)(H,29,30,31)/b6-5+. The van der Waals surface area contributed by atoms with Gasteiger partial charge in [0, 0.05) is 48.1 Å². The van der Waals surface area contributed by atoms with Crippen LogP contribution in [0.1, 0.15) is 49.4 Å². The Kier molecular flexibility index (Phi) is 8.73. The van der Waals surface area contributed by atoms with E-state index in [0.717, 1.165) is 29.7 Å². The molecule has 11 heteroatoms. The third kappa shape index (κ3) is 7.03. The third-order valence-corrected chi connectivity index (χ3v) is 8.32. The highest BCUT2D eigenvalue weighted by Crippen LogP contribution is 2.24. The molecule has 1 saturated carbocycles. The van der Waals surface area contributed by atoms with E-state index in [2.05, 4.69) is 49.0 Å². The summed E-state index contributed by atoms with van der Waals surface area (Å²) in [7, 11) is 0.376. The molecule has 37 heavy (non-hydrogen) atoms. The molecule has 0 aromatic carbocycles. The number of rotatable bonds is 9. The minimum atomic E-state index is -3.91. The minimum absolute atomic E-state index is 0.0953. The minimum Gasteiger partial charge on any atom is -0.351 e. The van der Waals surface area contributed by atoms with E-state index in [1.165, 1.54) is 31.3 Å². The van der Waals surface area contributed by atoms with Crippen LogP contribution in [0.15, 0.2) is 47.9 Å². The van der Waals surface area contributed by atoms with Crippen molar-refractivity contribution in [2.24, 2.45) is 0 Å². The summed E-state index contributed by atoms with van der Waals surface area (Å²) >= 11 is 6.03. The van der Waals surface area contributed by atoms with Crippen molar-refractivity contribution in [3.8, 4) is 0 Å². The summed E-state index contributed by atoms with van der Waals surface area (Å²) in [6, 6.07) is 5.93. The molecule has 1 aliphatic carbocycles. The summed E-state index contributed by atoms with van der Waals surface area (Å²) in [5.41, 5.74) is 2.49. The topological polar surface area (TPSA) is 113 Å². The molecule has 1 fully saturated rings. The predicted molar refractivity (Wildman–Crippen MR) is 148 cm³/mol. The van der Waals surface area contributed by atoms with E-state index in [0.29, 0.717) is 24.5 Å². The molecule has 1 aliphatic rings. The van der Waals surface area contributed by atoms with Gasteiger partial charge < -0.3 is 10.2 Å². The Hall–Kier alpha value is -3.08. The van der Waals surface area contributed by atoms with Gasteiger partial charge in [0.05, 0.1) is 5.02 Å². The molecule has 3 heterocycles. The van der Waals surface area contributed by atoms with Crippen LogP contribution in [0.5, 0.6) is 0 Å². The maximum atomic E-state index is 12.7. The summed E-state index contributed by atoms with van der Waals surface area (Å²) in [6.45, 7) is 1.96. The first-order chi connectivity index (χ1) is 17.7. The molecule has 0 bridgehead atoms. The number of hydrogen-bond donors (Lipinski definition) is 2. The number of halogens is 1. The second kappa shape index (κ2) is 12.0. The SMILES string of the molecule is CCc1nc(NS(=O)(=O)c2cnccc2Cl)ccc1/C=C/c1cnc(NC2CCC(N(C)C)CC2)nc1. The van der Waals surface area contributed by atoms with E-state index >= 15 is 0 Å². The van der Waals surface area contributed by atoms with Crippen LogP contribution >= 0.6 is 11.6 Å². The van der Waals surface area contributed by atoms with Gasteiger partial charge in [0.15, 0.2) is 0 Å². The lowest BCUT2D eigenvalue weighted by Crippen LogP contribution is -2.36. The average molecular weight is 542 g/mol. The van der Waals surface area contributed by atoms with Crippen molar-refractivity contribution in [2.75, 3.05) is 24.1 Å². The first-order valence-corrected chi connectivity index (χ1v) is 14.2. The van der Waals surface area contributed by atoms with Gasteiger partial charge in [-0.05, 0) is 70.0 Å². The Labute approximate surface area is 223 Å². The first kappa shape index (κ1) is 27.0. The van der Waals surface area contributed by atoms with Gasteiger partial charge in [-0.2, -0.15) is 0 Å². The molecular formula is C26H32ClN7O2S. The molecule has 4 rings (SSSR count). The van der Waals surface area contributed by atoms with Crippen LogP contribution in [-0.4, -0.2) is 59.4 Å². The molecule has 0 amide bonds. The third-order valence-electron chi connectivity index (χ3n) is 6.49. The zero-order valence-electron chi connectivity index (χ0n) is 21.2. The van der Waals surface area contributed by atoms with Crippen molar-refractivity contribution < 1.29 is 8.42 Å². The van der Waals surface area contributed by atoms with Crippen LogP contribution in [0.3, 0.4) is 0 Å². The predicted octanol–water partition coefficient (Wildman–Crippen LogP) is 4.74. The zero-order chi connectivity index (χ0) is 26.4. The molecule has 0 saturated heterocycles. The van der Waals surface area contributed by atoms with Crippen LogP contribution in [0.4, 0.5) is 11.8 Å². The summed E-state index contributed by atoms with van der Waals surface area (Å²) in [5.74, 6) is 0.860. The lowest BCUT2D eigenvalue weighted by atomic mass is 9.91. The monoisotopic (exact) mass is 541 g/mol. The van der Waals surface area contributed by atoms with Crippen molar-refractivity contribution in [3.63, 3.8) is 0 Å². The lowest BCUT2D eigenvalue weighted by molar-refractivity contribution is 0.221.